The summed E-state index contributed by atoms with van der Waals surface area (Å²) >= 11 is 1.46. The standard InChI is InChI=1S/C11H14N4OS/c1-3-9(16)8-6-4-5-7-10(8)17-11-12-13-14-15(11)2/h4-7,9,16H,3H2,1-2H3/t9-/m1/s1. The highest BCUT2D eigenvalue weighted by atomic mass is 32.2. The molecular weight excluding hydrogens is 236 g/mol. The molecule has 2 aromatic rings. The Morgan fingerprint density at radius 3 is 2.82 bits per heavy atom. The number of nitrogens with zero attached hydrogens (tertiary/aromatic N) is 4. The van der Waals surface area contributed by atoms with Crippen LogP contribution in [0.3, 0.4) is 0 Å². The molecule has 90 valence electrons. The molecule has 0 amide bonds. The second-order valence-electron chi connectivity index (χ2n) is 3.65. The first-order valence-electron chi connectivity index (χ1n) is 5.39. The molecule has 6 heteroatoms. The van der Waals surface area contributed by atoms with E-state index in [0.29, 0.717) is 11.6 Å². The largest absolute Gasteiger partial charge is 0.388 e. The van der Waals surface area contributed by atoms with Crippen LogP contribution in [0.4, 0.5) is 0 Å². The van der Waals surface area contributed by atoms with E-state index in [1.165, 1.54) is 11.8 Å². The minimum absolute atomic E-state index is 0.445. The van der Waals surface area contributed by atoms with Crippen molar-refractivity contribution in [2.45, 2.75) is 29.5 Å². The molecule has 1 aromatic heterocycles. The smallest absolute Gasteiger partial charge is 0.213 e. The van der Waals surface area contributed by atoms with Crippen LogP contribution in [0.25, 0.3) is 0 Å². The lowest BCUT2D eigenvalue weighted by atomic mass is 10.1. The molecule has 1 heterocycles. The third-order valence-corrected chi connectivity index (χ3v) is 3.57. The van der Waals surface area contributed by atoms with Crippen molar-refractivity contribution in [2.75, 3.05) is 0 Å². The van der Waals surface area contributed by atoms with E-state index < -0.39 is 6.10 Å². The molecule has 0 saturated carbocycles. The predicted octanol–water partition coefficient (Wildman–Crippen LogP) is 1.80. The number of aliphatic hydroxyl groups excluding tert-OH is 1. The molecule has 1 aromatic carbocycles. The summed E-state index contributed by atoms with van der Waals surface area (Å²) in [6.45, 7) is 1.95. The summed E-state index contributed by atoms with van der Waals surface area (Å²) in [4.78, 5) is 0.986. The Morgan fingerprint density at radius 2 is 2.18 bits per heavy atom. The minimum atomic E-state index is -0.445. The van der Waals surface area contributed by atoms with Crippen molar-refractivity contribution in [1.82, 2.24) is 20.2 Å². The Morgan fingerprint density at radius 1 is 1.41 bits per heavy atom. The molecule has 17 heavy (non-hydrogen) atoms. The van der Waals surface area contributed by atoms with Gasteiger partial charge < -0.3 is 5.11 Å². The minimum Gasteiger partial charge on any atom is -0.388 e. The third-order valence-electron chi connectivity index (χ3n) is 2.45. The Labute approximate surface area is 104 Å². The number of aromatic nitrogens is 4. The number of tetrazole rings is 1. The Bertz CT molecular complexity index is 500. The number of hydrogen-bond donors (Lipinski definition) is 1. The molecule has 0 aliphatic carbocycles. The number of aryl methyl sites for hydroxylation is 1. The Balaban J connectivity index is 2.30. The normalized spacial score (nSPS) is 12.6. The van der Waals surface area contributed by atoms with E-state index in [-0.39, 0.29) is 0 Å². The SMILES string of the molecule is CC[C@@H](O)c1ccccc1Sc1nnnn1C. The average molecular weight is 250 g/mol. The molecule has 0 unspecified atom stereocenters. The lowest BCUT2D eigenvalue weighted by Crippen LogP contribution is -1.98. The van der Waals surface area contributed by atoms with Gasteiger partial charge in [-0.2, -0.15) is 0 Å². The van der Waals surface area contributed by atoms with Gasteiger partial charge in [-0.05, 0) is 40.2 Å². The fourth-order valence-electron chi connectivity index (χ4n) is 1.47. The van der Waals surface area contributed by atoms with Gasteiger partial charge in [-0.3, -0.25) is 0 Å². The van der Waals surface area contributed by atoms with E-state index in [0.717, 1.165) is 10.5 Å². The Kier molecular flexibility index (Phi) is 3.75. The van der Waals surface area contributed by atoms with Crippen LogP contribution in [0.2, 0.25) is 0 Å². The molecule has 0 saturated heterocycles. The Hall–Kier alpha value is -1.40. The van der Waals surface area contributed by atoms with E-state index in [9.17, 15) is 5.11 Å². The molecule has 0 aliphatic rings. The van der Waals surface area contributed by atoms with Crippen LogP contribution in [-0.2, 0) is 7.05 Å². The van der Waals surface area contributed by atoms with Gasteiger partial charge in [-0.15, -0.1) is 5.10 Å². The van der Waals surface area contributed by atoms with Gasteiger partial charge >= 0.3 is 0 Å². The van der Waals surface area contributed by atoms with Crippen molar-refractivity contribution in [3.8, 4) is 0 Å². The van der Waals surface area contributed by atoms with Crippen molar-refractivity contribution >= 4 is 11.8 Å². The van der Waals surface area contributed by atoms with Crippen LogP contribution in [0.5, 0.6) is 0 Å². The number of rotatable bonds is 4. The molecular formula is C11H14N4OS. The molecule has 0 bridgehead atoms. The summed E-state index contributed by atoms with van der Waals surface area (Å²) in [5, 5.41) is 21.9. The summed E-state index contributed by atoms with van der Waals surface area (Å²) in [7, 11) is 1.79. The first kappa shape index (κ1) is 12.1. The van der Waals surface area contributed by atoms with E-state index >= 15 is 0 Å². The van der Waals surface area contributed by atoms with Gasteiger partial charge in [0, 0.05) is 11.9 Å². The quantitative estimate of drug-likeness (QED) is 0.896. The van der Waals surface area contributed by atoms with E-state index in [1.807, 2.05) is 31.2 Å². The summed E-state index contributed by atoms with van der Waals surface area (Å²) in [5.74, 6) is 0. The van der Waals surface area contributed by atoms with Crippen LogP contribution in [0.1, 0.15) is 25.0 Å². The highest BCUT2D eigenvalue weighted by Crippen LogP contribution is 2.32. The summed E-state index contributed by atoms with van der Waals surface area (Å²) in [6.07, 6.45) is 0.245. The van der Waals surface area contributed by atoms with Gasteiger partial charge in [0.2, 0.25) is 5.16 Å². The molecule has 2 rings (SSSR count). The fraction of sp³-hybridized carbons (Fsp3) is 0.364. The predicted molar refractivity (Wildman–Crippen MR) is 64.6 cm³/mol. The summed E-state index contributed by atoms with van der Waals surface area (Å²) in [6, 6.07) is 7.76. The maximum atomic E-state index is 9.94. The fourth-order valence-corrected chi connectivity index (χ4v) is 2.39. The molecule has 0 fully saturated rings. The topological polar surface area (TPSA) is 63.8 Å². The van der Waals surface area contributed by atoms with Gasteiger partial charge in [0.15, 0.2) is 0 Å². The van der Waals surface area contributed by atoms with Crippen LogP contribution >= 0.6 is 11.8 Å². The van der Waals surface area contributed by atoms with Crippen molar-refractivity contribution in [3.63, 3.8) is 0 Å². The number of benzene rings is 1. The first-order valence-corrected chi connectivity index (χ1v) is 6.21. The highest BCUT2D eigenvalue weighted by Gasteiger charge is 2.13. The van der Waals surface area contributed by atoms with E-state index in [2.05, 4.69) is 15.5 Å². The highest BCUT2D eigenvalue weighted by molar-refractivity contribution is 7.99. The van der Waals surface area contributed by atoms with E-state index in [4.69, 9.17) is 0 Å². The number of aliphatic hydroxyl groups is 1. The summed E-state index contributed by atoms with van der Waals surface area (Å²) in [5.41, 5.74) is 0.919. The van der Waals surface area contributed by atoms with Crippen molar-refractivity contribution in [3.05, 3.63) is 29.8 Å². The molecule has 1 N–H and O–H groups in total. The van der Waals surface area contributed by atoms with Crippen LogP contribution in [0, 0.1) is 0 Å². The van der Waals surface area contributed by atoms with Gasteiger partial charge in [0.25, 0.3) is 0 Å². The van der Waals surface area contributed by atoms with Gasteiger partial charge in [0.1, 0.15) is 0 Å². The number of hydrogen-bond acceptors (Lipinski definition) is 5. The molecule has 0 spiro atoms. The van der Waals surface area contributed by atoms with Crippen molar-refractivity contribution in [2.24, 2.45) is 7.05 Å². The van der Waals surface area contributed by atoms with Crippen LogP contribution < -0.4 is 0 Å². The maximum absolute atomic E-state index is 9.94. The van der Waals surface area contributed by atoms with Gasteiger partial charge in [0.05, 0.1) is 6.10 Å². The van der Waals surface area contributed by atoms with Crippen LogP contribution in [0.15, 0.2) is 34.3 Å². The van der Waals surface area contributed by atoms with Crippen molar-refractivity contribution < 1.29 is 5.11 Å². The third kappa shape index (κ3) is 2.65. The monoisotopic (exact) mass is 250 g/mol. The van der Waals surface area contributed by atoms with Gasteiger partial charge in [-0.25, -0.2) is 4.68 Å². The zero-order valence-corrected chi connectivity index (χ0v) is 10.6. The zero-order chi connectivity index (χ0) is 12.3. The molecule has 1 atom stereocenters. The summed E-state index contributed by atoms with van der Waals surface area (Å²) < 4.78 is 1.61. The van der Waals surface area contributed by atoms with E-state index in [1.54, 1.807) is 11.7 Å². The second kappa shape index (κ2) is 5.29. The van der Waals surface area contributed by atoms with Gasteiger partial charge in [-0.1, -0.05) is 25.1 Å². The molecule has 0 radical (unpaired) electrons. The average Bonchev–Trinajstić information content (AvgIpc) is 2.75. The zero-order valence-electron chi connectivity index (χ0n) is 9.74. The second-order valence-corrected chi connectivity index (χ2v) is 4.66. The molecule has 5 nitrogen and oxygen atoms in total. The lowest BCUT2D eigenvalue weighted by molar-refractivity contribution is 0.171. The first-order chi connectivity index (χ1) is 8.22. The lowest BCUT2D eigenvalue weighted by Gasteiger charge is -2.12. The molecule has 0 aliphatic heterocycles. The maximum Gasteiger partial charge on any atom is 0.213 e. The van der Waals surface area contributed by atoms with Crippen molar-refractivity contribution in [1.29, 1.82) is 0 Å². The van der Waals surface area contributed by atoms with Crippen LogP contribution in [-0.4, -0.2) is 25.3 Å².